The predicted octanol–water partition coefficient (Wildman–Crippen LogP) is 2.84. The van der Waals surface area contributed by atoms with Crippen molar-refractivity contribution in [3.8, 4) is 5.69 Å². The van der Waals surface area contributed by atoms with Crippen LogP contribution in [0.5, 0.6) is 0 Å². The highest BCUT2D eigenvalue weighted by Crippen LogP contribution is 2.28. The average molecular weight is 298 g/mol. The number of hydrogen-bond acceptors (Lipinski definition) is 3. The van der Waals surface area contributed by atoms with E-state index in [4.69, 9.17) is 0 Å². The van der Waals surface area contributed by atoms with Gasteiger partial charge in [-0.25, -0.2) is 14.1 Å². The maximum atomic E-state index is 13.0. The van der Waals surface area contributed by atoms with Crippen LogP contribution >= 0.6 is 0 Å². The summed E-state index contributed by atoms with van der Waals surface area (Å²) in [6.45, 7) is 0. The summed E-state index contributed by atoms with van der Waals surface area (Å²) in [7, 11) is 0. The second-order valence-electron chi connectivity index (χ2n) is 5.67. The first-order valence-electron chi connectivity index (χ1n) is 7.45. The van der Waals surface area contributed by atoms with E-state index in [0.717, 1.165) is 25.7 Å². The summed E-state index contributed by atoms with van der Waals surface area (Å²) in [5.41, 5.74) is 1.14. The van der Waals surface area contributed by atoms with Crippen molar-refractivity contribution in [2.75, 3.05) is 0 Å². The molecule has 4 rings (SSSR count). The molecule has 0 unspecified atom stereocenters. The Balaban J connectivity index is 1.84. The van der Waals surface area contributed by atoms with Gasteiger partial charge in [-0.1, -0.05) is 12.8 Å². The number of benzene rings is 1. The molecule has 0 bridgehead atoms. The molecule has 0 spiro atoms. The monoisotopic (exact) mass is 298 g/mol. The number of fused-ring (bicyclic) bond motifs is 1. The topological polar surface area (TPSA) is 52.7 Å². The molecule has 1 aliphatic carbocycles. The third-order valence-corrected chi connectivity index (χ3v) is 4.30. The molecule has 1 saturated carbocycles. The van der Waals surface area contributed by atoms with Crippen LogP contribution in [0, 0.1) is 5.82 Å². The highest BCUT2D eigenvalue weighted by atomic mass is 19.1. The summed E-state index contributed by atoms with van der Waals surface area (Å²) in [4.78, 5) is 17.0. The van der Waals surface area contributed by atoms with E-state index in [-0.39, 0.29) is 17.4 Å². The van der Waals surface area contributed by atoms with E-state index in [1.165, 1.54) is 12.1 Å². The summed E-state index contributed by atoms with van der Waals surface area (Å²) in [5.74, 6) is -0.309. The van der Waals surface area contributed by atoms with Crippen molar-refractivity contribution >= 4 is 11.0 Å². The van der Waals surface area contributed by atoms with Gasteiger partial charge in [0.25, 0.3) is 5.56 Å². The molecular weight excluding hydrogens is 283 g/mol. The number of halogens is 1. The van der Waals surface area contributed by atoms with E-state index in [9.17, 15) is 9.18 Å². The predicted molar refractivity (Wildman–Crippen MR) is 80.6 cm³/mol. The summed E-state index contributed by atoms with van der Waals surface area (Å²) in [6, 6.07) is 6.21. The Morgan fingerprint density at radius 3 is 2.59 bits per heavy atom. The van der Waals surface area contributed by atoms with Crippen molar-refractivity contribution in [3.05, 3.63) is 53.0 Å². The van der Waals surface area contributed by atoms with Crippen LogP contribution in [0.15, 0.2) is 41.6 Å². The zero-order valence-corrected chi connectivity index (χ0v) is 11.9. The van der Waals surface area contributed by atoms with E-state index in [1.807, 2.05) is 0 Å². The Morgan fingerprint density at radius 2 is 1.86 bits per heavy atom. The molecule has 5 nitrogen and oxygen atoms in total. The fourth-order valence-corrected chi connectivity index (χ4v) is 3.14. The van der Waals surface area contributed by atoms with Gasteiger partial charge < -0.3 is 0 Å². The molecule has 2 heterocycles. The summed E-state index contributed by atoms with van der Waals surface area (Å²) >= 11 is 0. The van der Waals surface area contributed by atoms with Crippen LogP contribution in [-0.4, -0.2) is 19.3 Å². The van der Waals surface area contributed by atoms with Gasteiger partial charge in [0.05, 0.1) is 11.9 Å². The van der Waals surface area contributed by atoms with Crippen molar-refractivity contribution in [1.82, 2.24) is 19.3 Å². The third kappa shape index (κ3) is 2.03. The lowest BCUT2D eigenvalue weighted by molar-refractivity contribution is 0.499. The van der Waals surface area contributed by atoms with Gasteiger partial charge in [0.1, 0.15) is 17.5 Å². The van der Waals surface area contributed by atoms with Gasteiger partial charge in [-0.2, -0.15) is 5.10 Å². The first kappa shape index (κ1) is 13.2. The molecule has 0 radical (unpaired) electrons. The Morgan fingerprint density at radius 1 is 1.14 bits per heavy atom. The lowest BCUT2D eigenvalue weighted by Gasteiger charge is -2.12. The summed E-state index contributed by atoms with van der Waals surface area (Å²) in [6.07, 6.45) is 7.52. The van der Waals surface area contributed by atoms with Gasteiger partial charge in [-0.05, 0) is 37.1 Å². The van der Waals surface area contributed by atoms with Crippen LogP contribution < -0.4 is 5.56 Å². The van der Waals surface area contributed by atoms with Gasteiger partial charge in [-0.3, -0.25) is 9.36 Å². The van der Waals surface area contributed by atoms with Crippen LogP contribution in [0.3, 0.4) is 0 Å². The largest absolute Gasteiger partial charge is 0.295 e. The molecule has 112 valence electrons. The van der Waals surface area contributed by atoms with Crippen LogP contribution in [0.25, 0.3) is 16.7 Å². The Labute approximate surface area is 126 Å². The van der Waals surface area contributed by atoms with Gasteiger partial charge in [0.15, 0.2) is 5.65 Å². The van der Waals surface area contributed by atoms with Gasteiger partial charge in [0.2, 0.25) is 0 Å². The van der Waals surface area contributed by atoms with E-state index in [2.05, 4.69) is 10.1 Å². The molecule has 3 aromatic rings. The SMILES string of the molecule is O=c1c2cnn(-c3ccc(F)cc3)c2ncn1C1CCCC1. The van der Waals surface area contributed by atoms with Crippen LogP contribution in [-0.2, 0) is 0 Å². The van der Waals surface area contributed by atoms with Crippen molar-refractivity contribution in [1.29, 1.82) is 0 Å². The lowest BCUT2D eigenvalue weighted by Crippen LogP contribution is -2.23. The first-order chi connectivity index (χ1) is 10.7. The smallest absolute Gasteiger partial charge is 0.264 e. The minimum Gasteiger partial charge on any atom is -0.295 e. The first-order valence-corrected chi connectivity index (χ1v) is 7.45. The molecule has 1 aliphatic rings. The molecule has 0 aliphatic heterocycles. The molecule has 22 heavy (non-hydrogen) atoms. The average Bonchev–Trinajstić information content (AvgIpc) is 3.18. The molecule has 0 amide bonds. The van der Waals surface area contributed by atoms with Crippen molar-refractivity contribution < 1.29 is 4.39 Å². The Bertz CT molecular complexity index is 875. The minimum absolute atomic E-state index is 0.0507. The highest BCUT2D eigenvalue weighted by molar-refractivity contribution is 5.74. The number of aromatic nitrogens is 4. The fraction of sp³-hybridized carbons (Fsp3) is 0.312. The third-order valence-electron chi connectivity index (χ3n) is 4.30. The van der Waals surface area contributed by atoms with Gasteiger partial charge in [0, 0.05) is 6.04 Å². The lowest BCUT2D eigenvalue weighted by atomic mass is 10.2. The standard InChI is InChI=1S/C16H15FN4O/c17-11-5-7-13(8-6-11)21-15-14(9-19-21)16(22)20(10-18-15)12-3-1-2-4-12/h5-10,12H,1-4H2. The van der Waals surface area contributed by atoms with Crippen molar-refractivity contribution in [2.45, 2.75) is 31.7 Å². The maximum Gasteiger partial charge on any atom is 0.264 e. The van der Waals surface area contributed by atoms with E-state index in [0.29, 0.717) is 16.7 Å². The molecule has 0 saturated heterocycles. The summed E-state index contributed by atoms with van der Waals surface area (Å²) < 4.78 is 16.3. The fourth-order valence-electron chi connectivity index (χ4n) is 3.14. The van der Waals surface area contributed by atoms with Crippen LogP contribution in [0.1, 0.15) is 31.7 Å². The number of nitrogens with zero attached hydrogens (tertiary/aromatic N) is 4. The van der Waals surface area contributed by atoms with E-state index < -0.39 is 0 Å². The quantitative estimate of drug-likeness (QED) is 0.731. The van der Waals surface area contributed by atoms with Crippen LogP contribution in [0.2, 0.25) is 0 Å². The normalized spacial score (nSPS) is 15.7. The van der Waals surface area contributed by atoms with E-state index >= 15 is 0 Å². The summed E-state index contributed by atoms with van der Waals surface area (Å²) in [5, 5.41) is 4.74. The zero-order chi connectivity index (χ0) is 15.1. The molecule has 2 aromatic heterocycles. The molecule has 1 aromatic carbocycles. The van der Waals surface area contributed by atoms with Crippen molar-refractivity contribution in [3.63, 3.8) is 0 Å². The zero-order valence-electron chi connectivity index (χ0n) is 11.9. The van der Waals surface area contributed by atoms with Gasteiger partial charge >= 0.3 is 0 Å². The highest BCUT2D eigenvalue weighted by Gasteiger charge is 2.20. The second-order valence-corrected chi connectivity index (χ2v) is 5.67. The molecule has 0 atom stereocenters. The maximum absolute atomic E-state index is 13.0. The number of rotatable bonds is 2. The number of hydrogen-bond donors (Lipinski definition) is 0. The molecule has 6 heteroatoms. The Hall–Kier alpha value is -2.50. The minimum atomic E-state index is -0.309. The van der Waals surface area contributed by atoms with Gasteiger partial charge in [-0.15, -0.1) is 0 Å². The molecular formula is C16H15FN4O. The second kappa shape index (κ2) is 5.05. The van der Waals surface area contributed by atoms with Crippen LogP contribution in [0.4, 0.5) is 4.39 Å². The van der Waals surface area contributed by atoms with E-state index in [1.54, 1.807) is 33.9 Å². The molecule has 1 fully saturated rings. The molecule has 0 N–H and O–H groups in total. The van der Waals surface area contributed by atoms with Crippen molar-refractivity contribution in [2.24, 2.45) is 0 Å². The Kier molecular flexibility index (Phi) is 3.03.